The second-order valence-corrected chi connectivity index (χ2v) is 6.10. The van der Waals surface area contributed by atoms with Gasteiger partial charge < -0.3 is 10.1 Å². The van der Waals surface area contributed by atoms with Gasteiger partial charge in [0.25, 0.3) is 11.5 Å². The zero-order chi connectivity index (χ0) is 19.4. The van der Waals surface area contributed by atoms with Crippen molar-refractivity contribution < 1.29 is 14.3 Å². The van der Waals surface area contributed by atoms with Crippen molar-refractivity contribution in [2.45, 2.75) is 13.0 Å². The summed E-state index contributed by atoms with van der Waals surface area (Å²) < 4.78 is 6.18. The number of fused-ring (bicyclic) bond motifs is 1. The third kappa shape index (κ3) is 4.03. The average molecular weight is 365 g/mol. The van der Waals surface area contributed by atoms with E-state index in [1.54, 1.807) is 24.3 Å². The fraction of sp³-hybridized carbons (Fsp3) is 0.200. The van der Waals surface area contributed by atoms with Gasteiger partial charge in [0.1, 0.15) is 0 Å². The van der Waals surface area contributed by atoms with Gasteiger partial charge in [-0.3, -0.25) is 9.59 Å². The molecule has 2 aromatic carbocycles. The Bertz CT molecular complexity index is 1040. The van der Waals surface area contributed by atoms with Crippen molar-refractivity contribution in [3.05, 3.63) is 76.2 Å². The first-order chi connectivity index (χ1) is 13.0. The number of nitrogens with zero attached hydrogens (tertiary/aromatic N) is 2. The fourth-order valence-corrected chi connectivity index (χ4v) is 2.76. The van der Waals surface area contributed by atoms with Crippen LogP contribution in [0, 0.1) is 0 Å². The van der Waals surface area contributed by atoms with E-state index in [0.717, 1.165) is 10.2 Å². The van der Waals surface area contributed by atoms with Crippen molar-refractivity contribution in [1.29, 1.82) is 0 Å². The van der Waals surface area contributed by atoms with Crippen molar-refractivity contribution in [1.82, 2.24) is 15.1 Å². The van der Waals surface area contributed by atoms with E-state index in [-0.39, 0.29) is 17.3 Å². The largest absolute Gasteiger partial charge is 0.451 e. The molecule has 7 nitrogen and oxygen atoms in total. The lowest BCUT2D eigenvalue weighted by molar-refractivity contribution is -0.124. The molecule has 7 heteroatoms. The highest BCUT2D eigenvalue weighted by molar-refractivity contribution is 6.02. The molecule has 0 bridgehead atoms. The van der Waals surface area contributed by atoms with Gasteiger partial charge >= 0.3 is 5.97 Å². The topological polar surface area (TPSA) is 90.3 Å². The maximum atomic E-state index is 12.4. The Hall–Kier alpha value is -3.48. The number of rotatable bonds is 5. The standard InChI is InChI=1S/C20H19N3O4/c1-13(14-8-4-3-5-9-14)21-17(24)12-27-20(26)18-15-10-6-7-11-16(15)19(25)23(2)22-18/h3-11,13H,12H2,1-2H3,(H,21,24). The SMILES string of the molecule is CC(NC(=O)COC(=O)c1nn(C)c(=O)c2ccccc12)c1ccccc1. The second kappa shape index (κ2) is 7.82. The van der Waals surface area contributed by atoms with Gasteiger partial charge in [0.2, 0.25) is 0 Å². The molecule has 138 valence electrons. The van der Waals surface area contributed by atoms with Gasteiger partial charge in [0.15, 0.2) is 12.3 Å². The number of nitrogens with one attached hydrogen (secondary N) is 1. The highest BCUT2D eigenvalue weighted by atomic mass is 16.5. The number of hydrogen-bond donors (Lipinski definition) is 1. The van der Waals surface area contributed by atoms with Crippen LogP contribution in [-0.4, -0.2) is 28.3 Å². The van der Waals surface area contributed by atoms with E-state index in [4.69, 9.17) is 4.74 Å². The van der Waals surface area contributed by atoms with Crippen LogP contribution >= 0.6 is 0 Å². The Morgan fingerprint density at radius 3 is 2.41 bits per heavy atom. The molecule has 1 heterocycles. The van der Waals surface area contributed by atoms with E-state index in [9.17, 15) is 14.4 Å². The summed E-state index contributed by atoms with van der Waals surface area (Å²) >= 11 is 0. The zero-order valence-corrected chi connectivity index (χ0v) is 15.0. The Kier molecular flexibility index (Phi) is 5.30. The number of amides is 1. The van der Waals surface area contributed by atoms with Crippen LogP contribution < -0.4 is 10.9 Å². The van der Waals surface area contributed by atoms with Gasteiger partial charge in [-0.15, -0.1) is 0 Å². The molecule has 1 amide bonds. The third-order valence-electron chi connectivity index (χ3n) is 4.16. The summed E-state index contributed by atoms with van der Waals surface area (Å²) in [6.45, 7) is 1.41. The third-order valence-corrected chi connectivity index (χ3v) is 4.16. The molecule has 0 fully saturated rings. The molecule has 1 N–H and O–H groups in total. The monoisotopic (exact) mass is 365 g/mol. The summed E-state index contributed by atoms with van der Waals surface area (Å²) in [7, 11) is 1.46. The first-order valence-electron chi connectivity index (χ1n) is 8.45. The summed E-state index contributed by atoms with van der Waals surface area (Å²) in [5, 5.41) is 7.51. The summed E-state index contributed by atoms with van der Waals surface area (Å²) in [4.78, 5) is 36.6. The zero-order valence-electron chi connectivity index (χ0n) is 15.0. The molecule has 3 aromatic rings. The van der Waals surface area contributed by atoms with E-state index in [2.05, 4.69) is 10.4 Å². The smallest absolute Gasteiger partial charge is 0.359 e. The molecule has 1 aromatic heterocycles. The Morgan fingerprint density at radius 1 is 1.07 bits per heavy atom. The highest BCUT2D eigenvalue weighted by Crippen LogP contribution is 2.14. The van der Waals surface area contributed by atoms with E-state index in [1.807, 2.05) is 37.3 Å². The maximum Gasteiger partial charge on any atom is 0.359 e. The number of hydrogen-bond acceptors (Lipinski definition) is 5. The van der Waals surface area contributed by atoms with Gasteiger partial charge in [-0.1, -0.05) is 48.5 Å². The van der Waals surface area contributed by atoms with Crippen molar-refractivity contribution in [3.63, 3.8) is 0 Å². The summed E-state index contributed by atoms with van der Waals surface area (Å²) in [6, 6.07) is 15.9. The molecule has 0 spiro atoms. The van der Waals surface area contributed by atoms with Crippen LogP contribution in [0.4, 0.5) is 0 Å². The molecule has 1 atom stereocenters. The van der Waals surface area contributed by atoms with Crippen LogP contribution in [0.25, 0.3) is 10.8 Å². The van der Waals surface area contributed by atoms with Crippen molar-refractivity contribution in [2.75, 3.05) is 6.61 Å². The second-order valence-electron chi connectivity index (χ2n) is 6.10. The predicted octanol–water partition coefficient (Wildman–Crippen LogP) is 1.97. The average Bonchev–Trinajstić information content (AvgIpc) is 2.69. The van der Waals surface area contributed by atoms with Crippen LogP contribution in [0.1, 0.15) is 29.0 Å². The van der Waals surface area contributed by atoms with E-state index in [0.29, 0.717) is 10.8 Å². The van der Waals surface area contributed by atoms with Crippen LogP contribution in [0.3, 0.4) is 0 Å². The molecular formula is C20H19N3O4. The molecule has 27 heavy (non-hydrogen) atoms. The van der Waals surface area contributed by atoms with Crippen LogP contribution in [0.15, 0.2) is 59.4 Å². The molecule has 0 saturated carbocycles. The number of carbonyl (C=O) groups is 2. The minimum absolute atomic E-state index is 0.00314. The number of aryl methyl sites for hydroxylation is 1. The van der Waals surface area contributed by atoms with Gasteiger partial charge in [-0.2, -0.15) is 5.10 Å². The first kappa shape index (κ1) is 18.3. The van der Waals surface area contributed by atoms with E-state index in [1.165, 1.54) is 7.05 Å². The van der Waals surface area contributed by atoms with E-state index < -0.39 is 18.5 Å². The number of esters is 1. The van der Waals surface area contributed by atoms with Crippen molar-refractivity contribution in [3.8, 4) is 0 Å². The number of carbonyl (C=O) groups excluding carboxylic acids is 2. The summed E-state index contributed by atoms with van der Waals surface area (Å²) in [5.41, 5.74) is 0.635. The first-order valence-corrected chi connectivity index (χ1v) is 8.45. The van der Waals surface area contributed by atoms with Gasteiger partial charge in [-0.25, -0.2) is 9.48 Å². The summed E-state index contributed by atoms with van der Waals surface area (Å²) in [5.74, 6) is -1.18. The van der Waals surface area contributed by atoms with Crippen LogP contribution in [0.2, 0.25) is 0 Å². The van der Waals surface area contributed by atoms with Gasteiger partial charge in [-0.05, 0) is 18.6 Å². The normalized spacial score (nSPS) is 11.8. The number of benzene rings is 2. The van der Waals surface area contributed by atoms with Crippen molar-refractivity contribution >= 4 is 22.6 Å². The molecule has 0 aliphatic heterocycles. The number of aromatic nitrogens is 2. The predicted molar refractivity (Wildman–Crippen MR) is 100 cm³/mol. The molecule has 0 radical (unpaired) electrons. The lowest BCUT2D eigenvalue weighted by Gasteiger charge is -2.14. The molecule has 0 aliphatic rings. The van der Waals surface area contributed by atoms with Crippen LogP contribution in [-0.2, 0) is 16.6 Å². The Balaban J connectivity index is 1.70. The number of ether oxygens (including phenoxy) is 1. The Labute approximate surface area is 155 Å². The minimum Gasteiger partial charge on any atom is -0.451 e. The lowest BCUT2D eigenvalue weighted by Crippen LogP contribution is -2.31. The van der Waals surface area contributed by atoms with Gasteiger partial charge in [0, 0.05) is 12.4 Å². The minimum atomic E-state index is -0.760. The fourth-order valence-electron chi connectivity index (χ4n) is 2.76. The molecule has 0 aliphatic carbocycles. The maximum absolute atomic E-state index is 12.4. The van der Waals surface area contributed by atoms with Crippen molar-refractivity contribution in [2.24, 2.45) is 7.05 Å². The highest BCUT2D eigenvalue weighted by Gasteiger charge is 2.18. The lowest BCUT2D eigenvalue weighted by atomic mass is 10.1. The molecule has 1 unspecified atom stereocenters. The quantitative estimate of drug-likeness (QED) is 0.698. The van der Waals surface area contributed by atoms with Gasteiger partial charge in [0.05, 0.1) is 11.4 Å². The molecule has 3 rings (SSSR count). The van der Waals surface area contributed by atoms with Crippen LogP contribution in [0.5, 0.6) is 0 Å². The van der Waals surface area contributed by atoms with E-state index >= 15 is 0 Å². The molecular weight excluding hydrogens is 346 g/mol. The molecule has 0 saturated heterocycles. The summed E-state index contributed by atoms with van der Waals surface area (Å²) in [6.07, 6.45) is 0. The Morgan fingerprint density at radius 2 is 1.70 bits per heavy atom.